The third-order valence-electron chi connectivity index (χ3n) is 7.16. The van der Waals surface area contributed by atoms with E-state index in [1.54, 1.807) is 0 Å². The van der Waals surface area contributed by atoms with E-state index < -0.39 is 11.9 Å². The molecule has 260 valence electrons. The number of primary amides is 1. The van der Waals surface area contributed by atoms with Crippen molar-refractivity contribution in [1.29, 1.82) is 0 Å². The first-order chi connectivity index (χ1) is 22.6. The summed E-state index contributed by atoms with van der Waals surface area (Å²) in [5.74, 6) is 0.0597. The van der Waals surface area contributed by atoms with E-state index >= 15 is 0 Å². The molecule has 1 aromatic heterocycles. The van der Waals surface area contributed by atoms with E-state index in [9.17, 15) is 9.59 Å². The number of aryl methyl sites for hydroxylation is 1. The molecule has 1 heterocycles. The minimum absolute atomic E-state index is 0.0535. The second kappa shape index (κ2) is 22.5. The highest BCUT2D eigenvalue weighted by Gasteiger charge is 2.16. The number of benzene rings is 1. The fourth-order valence-corrected chi connectivity index (χ4v) is 4.73. The van der Waals surface area contributed by atoms with Gasteiger partial charge in [-0.3, -0.25) is 24.5 Å². The highest BCUT2D eigenvalue weighted by molar-refractivity contribution is 6.29. The number of nitrogens with zero attached hydrogens (tertiary/aromatic N) is 5. The largest absolute Gasteiger partial charge is 0.492 e. The standard InChI is InChI=1S/C31H51ClN12O3/c32-25-21-42-26(27(43-25)29(36)45)28(35)39-14-3-1-7-22-9-11-23(12-10-22)47-20-19-44(17-5-13-33)18-6-16-40-30(46)24(34)8-2-4-15-41-31(37)38/h9-12,21,24H,1-8,13-20,33-34H2,(H2,35,39)(H2,36,45)(H,40,46)(H4,37,38,41). The highest BCUT2D eigenvalue weighted by atomic mass is 35.5. The van der Waals surface area contributed by atoms with Gasteiger partial charge >= 0.3 is 0 Å². The molecule has 2 aromatic rings. The summed E-state index contributed by atoms with van der Waals surface area (Å²) in [4.78, 5) is 42.4. The van der Waals surface area contributed by atoms with Gasteiger partial charge in [-0.15, -0.1) is 0 Å². The van der Waals surface area contributed by atoms with Crippen LogP contribution in [-0.4, -0.2) is 96.9 Å². The summed E-state index contributed by atoms with van der Waals surface area (Å²) < 4.78 is 6.00. The molecule has 2 amide bonds. The Balaban J connectivity index is 1.66. The van der Waals surface area contributed by atoms with Gasteiger partial charge in [0.1, 0.15) is 29.0 Å². The molecule has 0 saturated heterocycles. The minimum Gasteiger partial charge on any atom is -0.492 e. The van der Waals surface area contributed by atoms with Crippen LogP contribution >= 0.6 is 11.6 Å². The second-order valence-corrected chi connectivity index (χ2v) is 11.4. The first-order valence-electron chi connectivity index (χ1n) is 16.0. The van der Waals surface area contributed by atoms with Gasteiger partial charge in [-0.05, 0) is 88.7 Å². The van der Waals surface area contributed by atoms with Gasteiger partial charge in [-0.2, -0.15) is 0 Å². The predicted molar refractivity (Wildman–Crippen MR) is 186 cm³/mol. The molecule has 0 saturated carbocycles. The Hall–Kier alpha value is -4.05. The lowest BCUT2D eigenvalue weighted by molar-refractivity contribution is -0.122. The zero-order valence-electron chi connectivity index (χ0n) is 27.1. The number of halogens is 1. The summed E-state index contributed by atoms with van der Waals surface area (Å²) in [7, 11) is 0. The number of nitrogens with two attached hydrogens (primary N) is 6. The number of hydrogen-bond donors (Lipinski definition) is 7. The van der Waals surface area contributed by atoms with Crippen LogP contribution in [0, 0.1) is 0 Å². The smallest absolute Gasteiger partial charge is 0.269 e. The number of nitrogens with one attached hydrogen (secondary N) is 1. The quantitative estimate of drug-likeness (QED) is 0.0451. The van der Waals surface area contributed by atoms with Gasteiger partial charge in [0.15, 0.2) is 11.7 Å². The van der Waals surface area contributed by atoms with Crippen molar-refractivity contribution < 1.29 is 14.3 Å². The van der Waals surface area contributed by atoms with Gasteiger partial charge < -0.3 is 44.5 Å². The average Bonchev–Trinajstić information content (AvgIpc) is 3.04. The van der Waals surface area contributed by atoms with E-state index in [0.29, 0.717) is 39.2 Å². The second-order valence-electron chi connectivity index (χ2n) is 11.0. The first kappa shape index (κ1) is 39.1. The molecule has 2 rings (SSSR count). The van der Waals surface area contributed by atoms with Gasteiger partial charge in [-0.25, -0.2) is 9.97 Å². The maximum absolute atomic E-state index is 12.3. The number of rotatable bonds is 24. The number of amides is 2. The summed E-state index contributed by atoms with van der Waals surface area (Å²) in [6.45, 7) is 5.12. The molecule has 0 aliphatic heterocycles. The molecule has 0 aliphatic rings. The van der Waals surface area contributed by atoms with Crippen LogP contribution in [0.4, 0.5) is 0 Å². The fraction of sp³-hybridized carbons (Fsp3) is 0.548. The number of guanidine groups is 1. The van der Waals surface area contributed by atoms with Crippen LogP contribution in [0.3, 0.4) is 0 Å². The number of hydrogen-bond acceptors (Lipinski definition) is 10. The Morgan fingerprint density at radius 3 is 2.32 bits per heavy atom. The molecule has 15 nitrogen and oxygen atoms in total. The third kappa shape index (κ3) is 16.4. The molecule has 0 radical (unpaired) electrons. The molecule has 13 N–H and O–H groups in total. The Bertz CT molecular complexity index is 1290. The summed E-state index contributed by atoms with van der Waals surface area (Å²) in [6.07, 6.45) is 7.67. The summed E-state index contributed by atoms with van der Waals surface area (Å²) in [5.41, 5.74) is 34.9. The van der Waals surface area contributed by atoms with E-state index in [1.807, 2.05) is 12.1 Å². The lowest BCUT2D eigenvalue weighted by atomic mass is 10.1. The Kier molecular flexibility index (Phi) is 18.7. The van der Waals surface area contributed by atoms with Crippen LogP contribution in [0.25, 0.3) is 0 Å². The van der Waals surface area contributed by atoms with Crippen molar-refractivity contribution in [1.82, 2.24) is 20.2 Å². The normalized spacial score (nSPS) is 12.1. The number of carbonyl (C=O) groups excluding carboxylic acids is 2. The van der Waals surface area contributed by atoms with Gasteiger partial charge in [0.05, 0.1) is 12.2 Å². The molecule has 0 spiro atoms. The van der Waals surface area contributed by atoms with Crippen LogP contribution < -0.4 is 44.5 Å². The van der Waals surface area contributed by atoms with Crippen molar-refractivity contribution in [3.05, 3.63) is 52.6 Å². The number of amidine groups is 1. The summed E-state index contributed by atoms with van der Waals surface area (Å²) in [5, 5.41) is 2.98. The molecule has 1 unspecified atom stereocenters. The number of aliphatic imine (C=N–C) groups is 2. The zero-order chi connectivity index (χ0) is 34.4. The van der Waals surface area contributed by atoms with E-state index in [0.717, 1.165) is 70.3 Å². The SMILES string of the molecule is NCCCN(CCCNC(=O)C(N)CCCCN=C(N)N)CCOc1ccc(CCCCN=C(N)c2ncc(Cl)nc2C(N)=O)cc1. The first-order valence-corrected chi connectivity index (χ1v) is 16.3. The fourth-order valence-electron chi connectivity index (χ4n) is 4.60. The van der Waals surface area contributed by atoms with Crippen molar-refractivity contribution in [3.8, 4) is 5.75 Å². The number of ether oxygens (including phenoxy) is 1. The van der Waals surface area contributed by atoms with E-state index in [4.69, 9.17) is 50.7 Å². The number of carbonyl (C=O) groups is 2. The van der Waals surface area contributed by atoms with Gasteiger partial charge in [0.25, 0.3) is 5.91 Å². The molecular weight excluding hydrogens is 624 g/mol. The van der Waals surface area contributed by atoms with Crippen LogP contribution in [0.1, 0.15) is 66.7 Å². The van der Waals surface area contributed by atoms with Crippen molar-refractivity contribution in [2.75, 3.05) is 52.4 Å². The lowest BCUT2D eigenvalue weighted by Gasteiger charge is -2.22. The lowest BCUT2D eigenvalue weighted by Crippen LogP contribution is -2.41. The third-order valence-corrected chi connectivity index (χ3v) is 7.34. The maximum Gasteiger partial charge on any atom is 0.269 e. The van der Waals surface area contributed by atoms with Crippen LogP contribution in [0.15, 0.2) is 40.4 Å². The Morgan fingerprint density at radius 1 is 0.915 bits per heavy atom. The molecule has 0 bridgehead atoms. The Labute approximate surface area is 281 Å². The Morgan fingerprint density at radius 2 is 1.62 bits per heavy atom. The van der Waals surface area contributed by atoms with Crippen LogP contribution in [0.2, 0.25) is 5.15 Å². The summed E-state index contributed by atoms with van der Waals surface area (Å²) in [6, 6.07) is 7.51. The maximum atomic E-state index is 12.3. The van der Waals surface area contributed by atoms with Crippen molar-refractivity contribution >= 4 is 35.2 Å². The average molecular weight is 675 g/mol. The van der Waals surface area contributed by atoms with Crippen LogP contribution in [0.5, 0.6) is 5.75 Å². The zero-order valence-corrected chi connectivity index (χ0v) is 27.8. The van der Waals surface area contributed by atoms with Crippen molar-refractivity contribution in [2.45, 2.75) is 57.4 Å². The molecule has 16 heteroatoms. The van der Waals surface area contributed by atoms with Crippen molar-refractivity contribution in [2.24, 2.45) is 44.4 Å². The molecule has 1 atom stereocenters. The molecule has 47 heavy (non-hydrogen) atoms. The summed E-state index contributed by atoms with van der Waals surface area (Å²) >= 11 is 5.80. The van der Waals surface area contributed by atoms with Gasteiger partial charge in [-0.1, -0.05) is 23.7 Å². The van der Waals surface area contributed by atoms with Gasteiger partial charge in [0.2, 0.25) is 5.91 Å². The molecule has 1 aromatic carbocycles. The van der Waals surface area contributed by atoms with E-state index in [2.05, 4.69) is 42.3 Å². The van der Waals surface area contributed by atoms with Gasteiger partial charge in [0, 0.05) is 26.2 Å². The molecular formula is C31H51ClN12O3. The molecule has 0 aliphatic carbocycles. The number of aromatic nitrogens is 2. The number of unbranched alkanes of at least 4 members (excludes halogenated alkanes) is 2. The highest BCUT2D eigenvalue weighted by Crippen LogP contribution is 2.14. The van der Waals surface area contributed by atoms with E-state index in [1.165, 1.54) is 11.8 Å². The van der Waals surface area contributed by atoms with Crippen LogP contribution in [-0.2, 0) is 11.2 Å². The van der Waals surface area contributed by atoms with E-state index in [-0.39, 0.29) is 34.2 Å². The monoisotopic (exact) mass is 674 g/mol. The topological polar surface area (TPSA) is 265 Å². The minimum atomic E-state index is -0.770. The molecule has 0 fully saturated rings. The predicted octanol–water partition coefficient (Wildman–Crippen LogP) is 0.264. The van der Waals surface area contributed by atoms with Crippen molar-refractivity contribution in [3.63, 3.8) is 0 Å².